The molecule has 2 aliphatic rings. The van der Waals surface area contributed by atoms with Crippen molar-refractivity contribution in [1.82, 2.24) is 24.8 Å². The van der Waals surface area contributed by atoms with Crippen LogP contribution in [0.3, 0.4) is 0 Å². The smallest absolute Gasteiger partial charge is 0.416 e. The zero-order valence-electron chi connectivity index (χ0n) is 23.8. The molecule has 3 aromatic rings. The van der Waals surface area contributed by atoms with Crippen molar-refractivity contribution in [3.8, 4) is 0 Å². The Morgan fingerprint density at radius 2 is 1.81 bits per heavy atom. The minimum absolute atomic E-state index is 0.0265. The molecule has 13 heteroatoms. The predicted octanol–water partition coefficient (Wildman–Crippen LogP) is 5.91. The molecular weight excluding hydrogens is 554 g/mol. The van der Waals surface area contributed by atoms with Crippen LogP contribution in [0.2, 0.25) is 0 Å². The Hall–Kier alpha value is -3.90. The van der Waals surface area contributed by atoms with E-state index in [0.29, 0.717) is 38.0 Å². The van der Waals surface area contributed by atoms with Crippen LogP contribution in [-0.4, -0.2) is 62.2 Å². The molecule has 2 fully saturated rings. The largest absolute Gasteiger partial charge is 0.444 e. The Labute approximate surface area is 241 Å². The summed E-state index contributed by atoms with van der Waals surface area (Å²) in [6, 6.07) is 4.93. The lowest BCUT2D eigenvalue weighted by atomic mass is 9.77. The third-order valence-corrected chi connectivity index (χ3v) is 7.63. The molecule has 0 spiro atoms. The van der Waals surface area contributed by atoms with Gasteiger partial charge in [0.25, 0.3) is 0 Å². The molecule has 1 aromatic carbocycles. The fourth-order valence-electron chi connectivity index (χ4n) is 5.19. The van der Waals surface area contributed by atoms with Gasteiger partial charge in [0, 0.05) is 50.0 Å². The monoisotopic (exact) mass is 589 g/mol. The molecule has 5 rings (SSSR count). The Morgan fingerprint density at radius 3 is 2.38 bits per heavy atom. The molecule has 3 heterocycles. The van der Waals surface area contributed by atoms with Gasteiger partial charge in [-0.2, -0.15) is 17.6 Å². The SMILES string of the molecule is CC(C)(C)OC(=O)N1CCC(CNc2ncnc(N(Cc3ccc(C(F)(F)F)cc3)C3CC3)c2F)(c2ncc[nH]2)CC1. The van der Waals surface area contributed by atoms with Crippen LogP contribution >= 0.6 is 0 Å². The predicted molar refractivity (Wildman–Crippen MR) is 148 cm³/mol. The summed E-state index contributed by atoms with van der Waals surface area (Å²) in [5, 5.41) is 3.16. The summed E-state index contributed by atoms with van der Waals surface area (Å²) >= 11 is 0. The molecule has 1 aliphatic carbocycles. The van der Waals surface area contributed by atoms with E-state index in [1.165, 1.54) is 18.5 Å². The van der Waals surface area contributed by atoms with E-state index in [4.69, 9.17) is 4.74 Å². The highest BCUT2D eigenvalue weighted by atomic mass is 19.4. The first-order chi connectivity index (χ1) is 19.8. The molecule has 0 bridgehead atoms. The first-order valence-corrected chi connectivity index (χ1v) is 14.0. The molecule has 0 unspecified atom stereocenters. The number of hydrogen-bond acceptors (Lipinski definition) is 7. The zero-order chi connectivity index (χ0) is 30.1. The van der Waals surface area contributed by atoms with Crippen LogP contribution < -0.4 is 10.2 Å². The molecule has 1 saturated heterocycles. The summed E-state index contributed by atoms with van der Waals surface area (Å²) in [5.41, 5.74) is -1.23. The van der Waals surface area contributed by atoms with Crippen molar-refractivity contribution in [2.45, 2.75) is 76.2 Å². The van der Waals surface area contributed by atoms with Crippen LogP contribution in [-0.2, 0) is 22.9 Å². The molecule has 226 valence electrons. The molecule has 0 radical (unpaired) electrons. The van der Waals surface area contributed by atoms with E-state index in [-0.39, 0.29) is 30.3 Å². The van der Waals surface area contributed by atoms with Gasteiger partial charge in [0.2, 0.25) is 5.82 Å². The van der Waals surface area contributed by atoms with E-state index in [9.17, 15) is 18.0 Å². The number of amides is 1. The molecule has 0 atom stereocenters. The van der Waals surface area contributed by atoms with Gasteiger partial charge < -0.3 is 24.8 Å². The van der Waals surface area contributed by atoms with Crippen molar-refractivity contribution in [2.24, 2.45) is 0 Å². The van der Waals surface area contributed by atoms with Gasteiger partial charge in [-0.05, 0) is 64.2 Å². The molecule has 42 heavy (non-hydrogen) atoms. The van der Waals surface area contributed by atoms with Crippen LogP contribution in [0.25, 0.3) is 0 Å². The van der Waals surface area contributed by atoms with Crippen molar-refractivity contribution in [2.75, 3.05) is 29.9 Å². The number of hydrogen-bond donors (Lipinski definition) is 2. The van der Waals surface area contributed by atoms with Crippen molar-refractivity contribution in [3.05, 3.63) is 65.8 Å². The topological polar surface area (TPSA) is 99.3 Å². The van der Waals surface area contributed by atoms with Crippen molar-refractivity contribution in [3.63, 3.8) is 0 Å². The molecular formula is C29H35F4N7O2. The molecule has 1 aliphatic heterocycles. The molecule has 9 nitrogen and oxygen atoms in total. The van der Waals surface area contributed by atoms with Gasteiger partial charge in [0.1, 0.15) is 17.8 Å². The molecule has 1 amide bonds. The zero-order valence-corrected chi connectivity index (χ0v) is 23.8. The quantitative estimate of drug-likeness (QED) is 0.315. The van der Waals surface area contributed by atoms with Crippen LogP contribution in [0.15, 0.2) is 43.0 Å². The number of ether oxygens (including phenoxy) is 1. The van der Waals surface area contributed by atoms with E-state index in [1.54, 1.807) is 22.2 Å². The Morgan fingerprint density at radius 1 is 1.12 bits per heavy atom. The Bertz CT molecular complexity index is 1360. The average Bonchev–Trinajstić information content (AvgIpc) is 3.62. The maximum absolute atomic E-state index is 15.9. The minimum atomic E-state index is -4.42. The van der Waals surface area contributed by atoms with Gasteiger partial charge in [-0.25, -0.2) is 19.7 Å². The van der Waals surface area contributed by atoms with Crippen molar-refractivity contribution < 1.29 is 27.1 Å². The van der Waals surface area contributed by atoms with E-state index in [2.05, 4.69) is 25.3 Å². The number of carbonyl (C=O) groups excluding carboxylic acids is 1. The highest BCUT2D eigenvalue weighted by Gasteiger charge is 2.41. The number of likely N-dealkylation sites (tertiary alicyclic amines) is 1. The van der Waals surface area contributed by atoms with E-state index in [1.807, 2.05) is 20.8 Å². The number of piperidine rings is 1. The Balaban J connectivity index is 1.31. The van der Waals surface area contributed by atoms with Crippen LogP contribution in [0, 0.1) is 5.82 Å². The second-order valence-corrected chi connectivity index (χ2v) is 12.0. The molecule has 1 saturated carbocycles. The first-order valence-electron chi connectivity index (χ1n) is 14.0. The Kier molecular flexibility index (Phi) is 8.04. The van der Waals surface area contributed by atoms with Crippen LogP contribution in [0.5, 0.6) is 0 Å². The van der Waals surface area contributed by atoms with Crippen LogP contribution in [0.4, 0.5) is 34.0 Å². The van der Waals surface area contributed by atoms with Gasteiger partial charge in [-0.1, -0.05) is 12.1 Å². The highest BCUT2D eigenvalue weighted by molar-refractivity contribution is 5.68. The fourth-order valence-corrected chi connectivity index (χ4v) is 5.19. The number of alkyl halides is 3. The lowest BCUT2D eigenvalue weighted by Gasteiger charge is -2.41. The third-order valence-electron chi connectivity index (χ3n) is 7.63. The number of rotatable bonds is 8. The van der Waals surface area contributed by atoms with E-state index in [0.717, 1.165) is 30.8 Å². The maximum atomic E-state index is 15.9. The second-order valence-electron chi connectivity index (χ2n) is 12.0. The lowest BCUT2D eigenvalue weighted by Crippen LogP contribution is -2.49. The number of aromatic nitrogens is 4. The fraction of sp³-hybridized carbons (Fsp3) is 0.517. The first kappa shape index (κ1) is 29.6. The van der Waals surface area contributed by atoms with Crippen molar-refractivity contribution >= 4 is 17.7 Å². The highest BCUT2D eigenvalue weighted by Crippen LogP contribution is 2.37. The number of benzene rings is 1. The number of aromatic amines is 1. The number of H-pyrrole nitrogens is 1. The van der Waals surface area contributed by atoms with Gasteiger partial charge in [0.15, 0.2) is 11.6 Å². The number of imidazole rings is 1. The molecule has 2 aromatic heterocycles. The lowest BCUT2D eigenvalue weighted by molar-refractivity contribution is -0.137. The standard InChI is InChI=1S/C29H35F4N7O2/c1-27(2,3)42-26(41)39-14-10-28(11-15-39,25-34-12-13-35-25)17-36-23-22(30)24(38-18-37-23)40(21-8-9-21)16-19-4-6-20(7-5-19)29(31,32)33/h4-7,12-13,18,21H,8-11,14-17H2,1-3H3,(H,34,35)(H,36,37,38). The summed E-state index contributed by atoms with van der Waals surface area (Å²) in [4.78, 5) is 32.1. The number of carbonyl (C=O) groups is 1. The summed E-state index contributed by atoms with van der Waals surface area (Å²) in [5.74, 6) is 0.229. The number of nitrogens with zero attached hydrogens (tertiary/aromatic N) is 5. The van der Waals surface area contributed by atoms with E-state index >= 15 is 4.39 Å². The third kappa shape index (κ3) is 6.76. The normalized spacial score (nSPS) is 17.2. The average molecular weight is 590 g/mol. The number of anilines is 2. The van der Waals surface area contributed by atoms with Crippen molar-refractivity contribution in [1.29, 1.82) is 0 Å². The van der Waals surface area contributed by atoms with Gasteiger partial charge in [0.05, 0.1) is 5.56 Å². The van der Waals surface area contributed by atoms with Gasteiger partial charge in [-0.15, -0.1) is 0 Å². The summed E-state index contributed by atoms with van der Waals surface area (Å²) in [6.07, 6.45) is 2.68. The molecule has 2 N–H and O–H groups in total. The summed E-state index contributed by atoms with van der Waals surface area (Å²) < 4.78 is 60.5. The summed E-state index contributed by atoms with van der Waals surface area (Å²) in [6.45, 7) is 6.87. The van der Waals surface area contributed by atoms with Crippen LogP contribution in [0.1, 0.15) is 63.4 Å². The second kappa shape index (κ2) is 11.4. The minimum Gasteiger partial charge on any atom is -0.444 e. The van der Waals surface area contributed by atoms with Gasteiger partial charge in [-0.3, -0.25) is 0 Å². The number of nitrogens with one attached hydrogen (secondary N) is 2. The van der Waals surface area contributed by atoms with E-state index < -0.39 is 28.6 Å². The van der Waals surface area contributed by atoms with Gasteiger partial charge >= 0.3 is 12.3 Å². The summed E-state index contributed by atoms with van der Waals surface area (Å²) in [7, 11) is 0. The maximum Gasteiger partial charge on any atom is 0.416 e. The number of halogens is 4.